The number of aromatic nitrogens is 1. The third-order valence-corrected chi connectivity index (χ3v) is 2.81. The van der Waals surface area contributed by atoms with Crippen molar-refractivity contribution in [3.05, 3.63) is 29.5 Å². The van der Waals surface area contributed by atoms with Gasteiger partial charge in [-0.05, 0) is 26.0 Å². The average Bonchev–Trinajstić information content (AvgIpc) is 2.51. The summed E-state index contributed by atoms with van der Waals surface area (Å²) in [5, 5.41) is 20.3. The number of phenolic OH excluding ortho intramolecular Hbond substituents is 1. The van der Waals surface area contributed by atoms with Gasteiger partial charge in [-0.1, -0.05) is 0 Å². The third-order valence-electron chi connectivity index (χ3n) is 2.81. The van der Waals surface area contributed by atoms with Crippen LogP contribution in [0.5, 0.6) is 5.75 Å². The Bertz CT molecular complexity index is 517. The molecule has 4 heteroatoms. The maximum Gasteiger partial charge on any atom is 0.117 e. The van der Waals surface area contributed by atoms with E-state index in [1.807, 2.05) is 6.92 Å². The van der Waals surface area contributed by atoms with Gasteiger partial charge in [0, 0.05) is 34.3 Å². The lowest BCUT2D eigenvalue weighted by molar-refractivity contribution is 0.154. The van der Waals surface area contributed by atoms with Crippen molar-refractivity contribution in [1.29, 1.82) is 0 Å². The fraction of sp³-hybridized carbons (Fsp3) is 0.333. The van der Waals surface area contributed by atoms with Crippen LogP contribution >= 0.6 is 0 Å². The molecule has 0 saturated carbocycles. The molecule has 2 atom stereocenters. The molecule has 86 valence electrons. The molecule has 0 spiro atoms. The first-order chi connectivity index (χ1) is 7.50. The van der Waals surface area contributed by atoms with Gasteiger partial charge in [0.2, 0.25) is 0 Å². The van der Waals surface area contributed by atoms with Gasteiger partial charge in [-0.15, -0.1) is 0 Å². The van der Waals surface area contributed by atoms with Gasteiger partial charge in [0.15, 0.2) is 0 Å². The SMILES string of the molecule is Cc1[nH]c2cc(O)ccc2c1C(O)C(C)N. The van der Waals surface area contributed by atoms with Crippen molar-refractivity contribution in [2.45, 2.75) is 26.0 Å². The average molecular weight is 220 g/mol. The summed E-state index contributed by atoms with van der Waals surface area (Å²) in [7, 11) is 0. The molecular weight excluding hydrogens is 204 g/mol. The number of fused-ring (bicyclic) bond motifs is 1. The topological polar surface area (TPSA) is 82.3 Å². The summed E-state index contributed by atoms with van der Waals surface area (Å²) in [6.45, 7) is 3.65. The molecule has 0 saturated heterocycles. The van der Waals surface area contributed by atoms with Crippen LogP contribution in [0.1, 0.15) is 24.3 Å². The molecule has 0 radical (unpaired) electrons. The van der Waals surface area contributed by atoms with Gasteiger partial charge in [-0.3, -0.25) is 0 Å². The highest BCUT2D eigenvalue weighted by atomic mass is 16.3. The molecule has 2 unspecified atom stereocenters. The lowest BCUT2D eigenvalue weighted by Crippen LogP contribution is -2.24. The fourth-order valence-corrected chi connectivity index (χ4v) is 1.99. The number of benzene rings is 1. The van der Waals surface area contributed by atoms with Crippen molar-refractivity contribution in [3.8, 4) is 5.75 Å². The minimum absolute atomic E-state index is 0.204. The van der Waals surface area contributed by atoms with E-state index in [-0.39, 0.29) is 11.8 Å². The second-order valence-electron chi connectivity index (χ2n) is 4.20. The lowest BCUT2D eigenvalue weighted by atomic mass is 10.0. The number of aromatic hydroxyl groups is 1. The Hall–Kier alpha value is -1.52. The Labute approximate surface area is 93.7 Å². The van der Waals surface area contributed by atoms with E-state index in [0.717, 1.165) is 22.2 Å². The van der Waals surface area contributed by atoms with Gasteiger partial charge in [-0.25, -0.2) is 0 Å². The van der Waals surface area contributed by atoms with Crippen molar-refractivity contribution in [2.24, 2.45) is 5.73 Å². The zero-order valence-electron chi connectivity index (χ0n) is 9.36. The van der Waals surface area contributed by atoms with E-state index >= 15 is 0 Å². The maximum absolute atomic E-state index is 10.0. The standard InChI is InChI=1S/C12H16N2O2/c1-6(13)12(16)11-7(2)14-10-5-8(15)3-4-9(10)11/h3-6,12,14-16H,13H2,1-2H3. The van der Waals surface area contributed by atoms with Gasteiger partial charge < -0.3 is 20.9 Å². The molecule has 1 aromatic heterocycles. The number of rotatable bonds is 2. The summed E-state index contributed by atoms with van der Waals surface area (Å²) in [6, 6.07) is 4.70. The molecule has 16 heavy (non-hydrogen) atoms. The number of hydrogen-bond donors (Lipinski definition) is 4. The van der Waals surface area contributed by atoms with Gasteiger partial charge in [0.05, 0.1) is 6.10 Å². The van der Waals surface area contributed by atoms with Gasteiger partial charge in [0.1, 0.15) is 5.75 Å². The first-order valence-corrected chi connectivity index (χ1v) is 5.25. The van der Waals surface area contributed by atoms with Crippen LogP contribution in [-0.4, -0.2) is 21.2 Å². The molecule has 2 rings (SSSR count). The van der Waals surface area contributed by atoms with Crippen molar-refractivity contribution in [2.75, 3.05) is 0 Å². The second-order valence-corrected chi connectivity index (χ2v) is 4.20. The van der Waals surface area contributed by atoms with Crippen molar-refractivity contribution in [1.82, 2.24) is 4.98 Å². The zero-order valence-corrected chi connectivity index (χ0v) is 9.36. The first-order valence-electron chi connectivity index (χ1n) is 5.25. The predicted molar refractivity (Wildman–Crippen MR) is 63.3 cm³/mol. The van der Waals surface area contributed by atoms with Crippen LogP contribution in [-0.2, 0) is 0 Å². The van der Waals surface area contributed by atoms with Crippen molar-refractivity contribution < 1.29 is 10.2 Å². The van der Waals surface area contributed by atoms with Gasteiger partial charge >= 0.3 is 0 Å². The highest BCUT2D eigenvalue weighted by Crippen LogP contribution is 2.30. The summed E-state index contributed by atoms with van der Waals surface area (Å²) in [5.74, 6) is 0.204. The Morgan fingerprint density at radius 1 is 1.38 bits per heavy atom. The van der Waals surface area contributed by atoms with Crippen LogP contribution in [0.2, 0.25) is 0 Å². The van der Waals surface area contributed by atoms with Crippen LogP contribution in [0.15, 0.2) is 18.2 Å². The van der Waals surface area contributed by atoms with E-state index in [1.54, 1.807) is 25.1 Å². The molecule has 4 nitrogen and oxygen atoms in total. The highest BCUT2D eigenvalue weighted by molar-refractivity contribution is 5.86. The van der Waals surface area contributed by atoms with Gasteiger partial charge in [-0.2, -0.15) is 0 Å². The van der Waals surface area contributed by atoms with Crippen LogP contribution < -0.4 is 5.73 Å². The molecule has 0 aliphatic carbocycles. The number of aromatic amines is 1. The summed E-state index contributed by atoms with van der Waals surface area (Å²) in [4.78, 5) is 3.13. The smallest absolute Gasteiger partial charge is 0.117 e. The van der Waals surface area contributed by atoms with E-state index in [9.17, 15) is 10.2 Å². The largest absolute Gasteiger partial charge is 0.508 e. The molecule has 0 fully saturated rings. The Morgan fingerprint density at radius 3 is 2.69 bits per heavy atom. The Kier molecular flexibility index (Phi) is 2.61. The zero-order chi connectivity index (χ0) is 11.9. The normalized spacial score (nSPS) is 15.2. The molecule has 1 heterocycles. The summed E-state index contributed by atoms with van der Waals surface area (Å²) >= 11 is 0. The molecule has 0 amide bonds. The van der Waals surface area contributed by atoms with E-state index < -0.39 is 6.10 Å². The van der Waals surface area contributed by atoms with E-state index in [1.165, 1.54) is 0 Å². The Balaban J connectivity index is 2.65. The minimum Gasteiger partial charge on any atom is -0.508 e. The molecular formula is C12H16N2O2. The van der Waals surface area contributed by atoms with E-state index in [2.05, 4.69) is 4.98 Å². The highest BCUT2D eigenvalue weighted by Gasteiger charge is 2.19. The first kappa shape index (κ1) is 11.0. The lowest BCUT2D eigenvalue weighted by Gasteiger charge is -2.15. The fourth-order valence-electron chi connectivity index (χ4n) is 1.99. The van der Waals surface area contributed by atoms with Crippen LogP contribution in [0.3, 0.4) is 0 Å². The van der Waals surface area contributed by atoms with Crippen molar-refractivity contribution in [3.63, 3.8) is 0 Å². The molecule has 5 N–H and O–H groups in total. The number of aliphatic hydroxyl groups excluding tert-OH is 1. The maximum atomic E-state index is 10.0. The van der Waals surface area contributed by atoms with E-state index in [4.69, 9.17) is 5.73 Å². The number of nitrogens with two attached hydrogens (primary N) is 1. The summed E-state index contributed by atoms with van der Waals surface area (Å²) in [6.07, 6.45) is -0.696. The predicted octanol–water partition coefficient (Wildman–Crippen LogP) is 1.56. The van der Waals surface area contributed by atoms with Crippen molar-refractivity contribution >= 4 is 10.9 Å². The number of H-pyrrole nitrogens is 1. The quantitative estimate of drug-likeness (QED) is 0.620. The van der Waals surface area contributed by atoms with E-state index in [0.29, 0.717) is 0 Å². The molecule has 0 bridgehead atoms. The number of hydrogen-bond acceptors (Lipinski definition) is 3. The third kappa shape index (κ3) is 1.66. The Morgan fingerprint density at radius 2 is 2.06 bits per heavy atom. The van der Waals surface area contributed by atoms with Crippen LogP contribution in [0, 0.1) is 6.92 Å². The number of aryl methyl sites for hydroxylation is 1. The molecule has 2 aromatic rings. The minimum atomic E-state index is -0.696. The van der Waals surface area contributed by atoms with Gasteiger partial charge in [0.25, 0.3) is 0 Å². The summed E-state index contributed by atoms with van der Waals surface area (Å²) < 4.78 is 0. The summed E-state index contributed by atoms with van der Waals surface area (Å²) in [5.41, 5.74) is 8.21. The van der Waals surface area contributed by atoms with Crippen LogP contribution in [0.4, 0.5) is 0 Å². The monoisotopic (exact) mass is 220 g/mol. The van der Waals surface area contributed by atoms with Crippen LogP contribution in [0.25, 0.3) is 10.9 Å². The second kappa shape index (κ2) is 3.81. The number of aliphatic hydroxyl groups is 1. The molecule has 0 aliphatic rings. The molecule has 0 aliphatic heterocycles. The number of phenols is 1. The number of nitrogens with one attached hydrogen (secondary N) is 1. The molecule has 1 aromatic carbocycles.